The van der Waals surface area contributed by atoms with Crippen molar-refractivity contribution in [2.75, 3.05) is 0 Å². The van der Waals surface area contributed by atoms with E-state index in [0.717, 1.165) is 0 Å². The van der Waals surface area contributed by atoms with Gasteiger partial charge in [0.2, 0.25) is 11.6 Å². The molecule has 0 saturated carbocycles. The Bertz CT molecular complexity index is 637. The van der Waals surface area contributed by atoms with E-state index in [-0.39, 0.29) is 18.1 Å². The number of rotatable bonds is 0. The van der Waals surface area contributed by atoms with Gasteiger partial charge < -0.3 is 24.4 Å². The number of hydrogen-bond donors (Lipinski definition) is 2. The van der Waals surface area contributed by atoms with Crippen molar-refractivity contribution in [2.24, 2.45) is 0 Å². The second kappa shape index (κ2) is 2.98. The fourth-order valence-electron chi connectivity index (χ4n) is 4.09. The molecular weight excluding hydrogens is 264 g/mol. The molecule has 6 rings (SSSR count). The number of ether oxygens (including phenoxy) is 3. The summed E-state index contributed by atoms with van der Waals surface area (Å²) in [5, 5.41) is 20.9. The molecule has 6 nitrogen and oxygen atoms in total. The topological polar surface area (TPSA) is 85.2 Å². The molecule has 4 aliphatic heterocycles. The van der Waals surface area contributed by atoms with Gasteiger partial charge in [0.1, 0.15) is 0 Å². The Labute approximate surface area is 113 Å². The number of ketones is 1. The number of Topliss-reactive ketones (excluding diaryl/α,β-unsaturated/α-hetero) is 1. The number of carbonyl (C=O) groups is 1. The van der Waals surface area contributed by atoms with Crippen molar-refractivity contribution < 1.29 is 29.2 Å². The third-order valence-corrected chi connectivity index (χ3v) is 4.87. The molecule has 6 heteroatoms. The molecular formula is C14H12O6. The largest absolute Gasteiger partial charge is 0.357 e. The molecule has 4 heterocycles. The quantitative estimate of drug-likeness (QED) is 0.650. The lowest BCUT2D eigenvalue weighted by Gasteiger charge is -2.46. The Hall–Kier alpha value is -1.31. The number of aliphatic hydroxyl groups is 2. The van der Waals surface area contributed by atoms with Gasteiger partial charge in [0.05, 0.1) is 6.10 Å². The maximum atomic E-state index is 12.4. The van der Waals surface area contributed by atoms with Crippen LogP contribution in [0.4, 0.5) is 0 Å². The van der Waals surface area contributed by atoms with Crippen LogP contribution < -0.4 is 0 Å². The van der Waals surface area contributed by atoms with E-state index in [9.17, 15) is 15.0 Å². The second-order valence-corrected chi connectivity index (χ2v) is 5.84. The molecule has 104 valence electrons. The van der Waals surface area contributed by atoms with Crippen LogP contribution in [0.1, 0.15) is 28.8 Å². The van der Waals surface area contributed by atoms with Crippen LogP contribution in [0.5, 0.6) is 0 Å². The minimum absolute atomic E-state index is 0.194. The van der Waals surface area contributed by atoms with E-state index in [2.05, 4.69) is 0 Å². The number of hydrogen-bond acceptors (Lipinski definition) is 6. The first-order chi connectivity index (χ1) is 9.50. The standard InChI is InChI=1S/C14H12O6/c15-11-8-3-1-2-4-9(8)14-12(13(11,16)17)6-7(18-14)5-10(19-12)20-14/h1-4,7,10,16-17H,5-6H2/t7-,10+,12-,14+/m0/s1. The summed E-state index contributed by atoms with van der Waals surface area (Å²) in [5.41, 5.74) is -0.840. The highest BCUT2D eigenvalue weighted by atomic mass is 16.9. The summed E-state index contributed by atoms with van der Waals surface area (Å²) in [5.74, 6) is -4.81. The lowest BCUT2D eigenvalue weighted by Crippen LogP contribution is -2.69. The number of benzene rings is 1. The fourth-order valence-corrected chi connectivity index (χ4v) is 4.09. The van der Waals surface area contributed by atoms with Crippen molar-refractivity contribution in [3.63, 3.8) is 0 Å². The van der Waals surface area contributed by atoms with Crippen LogP contribution in [0.25, 0.3) is 0 Å². The van der Waals surface area contributed by atoms with Gasteiger partial charge in [0, 0.05) is 24.0 Å². The average molecular weight is 276 g/mol. The predicted octanol–water partition coefficient (Wildman–Crippen LogP) is 0.0209. The van der Waals surface area contributed by atoms with E-state index in [0.29, 0.717) is 12.0 Å². The van der Waals surface area contributed by atoms with Crippen LogP contribution in [-0.2, 0) is 20.0 Å². The molecule has 2 N–H and O–H groups in total. The molecule has 0 unspecified atom stereocenters. The highest BCUT2D eigenvalue weighted by Crippen LogP contribution is 2.66. The number of carbonyl (C=O) groups excluding carboxylic acids is 1. The van der Waals surface area contributed by atoms with E-state index in [1.807, 2.05) is 0 Å². The van der Waals surface area contributed by atoms with Crippen molar-refractivity contribution in [2.45, 2.75) is 42.4 Å². The molecule has 4 saturated heterocycles. The Kier molecular flexibility index (Phi) is 1.69. The smallest absolute Gasteiger partial charge is 0.265 e. The van der Waals surface area contributed by atoms with E-state index in [1.54, 1.807) is 24.3 Å². The van der Waals surface area contributed by atoms with Gasteiger partial charge in [0.25, 0.3) is 5.79 Å². The van der Waals surface area contributed by atoms with Crippen LogP contribution in [0.2, 0.25) is 0 Å². The van der Waals surface area contributed by atoms with Crippen LogP contribution >= 0.6 is 0 Å². The molecule has 4 fully saturated rings. The predicted molar refractivity (Wildman–Crippen MR) is 62.4 cm³/mol. The molecule has 1 aliphatic carbocycles. The van der Waals surface area contributed by atoms with Gasteiger partial charge in [-0.05, 0) is 0 Å². The lowest BCUT2D eigenvalue weighted by molar-refractivity contribution is -0.307. The minimum Gasteiger partial charge on any atom is -0.357 e. The first-order valence-electron chi connectivity index (χ1n) is 6.63. The summed E-state index contributed by atoms with van der Waals surface area (Å²) >= 11 is 0. The molecule has 1 aromatic rings. The highest BCUT2D eigenvalue weighted by molar-refractivity contribution is 6.05. The zero-order valence-corrected chi connectivity index (χ0v) is 10.4. The minimum atomic E-state index is -2.65. The first kappa shape index (κ1) is 11.4. The maximum Gasteiger partial charge on any atom is 0.265 e. The van der Waals surface area contributed by atoms with E-state index in [1.165, 1.54) is 0 Å². The average Bonchev–Trinajstić information content (AvgIpc) is 2.80. The normalized spacial score (nSPS) is 46.4. The third kappa shape index (κ3) is 0.897. The molecule has 0 aromatic heterocycles. The van der Waals surface area contributed by atoms with Crippen LogP contribution in [0.15, 0.2) is 24.3 Å². The Morgan fingerprint density at radius 2 is 1.95 bits per heavy atom. The molecule has 4 atom stereocenters. The zero-order valence-electron chi connectivity index (χ0n) is 10.4. The van der Waals surface area contributed by atoms with Crippen molar-refractivity contribution in [3.8, 4) is 0 Å². The summed E-state index contributed by atoms with van der Waals surface area (Å²) in [4.78, 5) is 12.4. The van der Waals surface area contributed by atoms with Gasteiger partial charge in [0.15, 0.2) is 11.9 Å². The lowest BCUT2D eigenvalue weighted by atomic mass is 9.69. The third-order valence-electron chi connectivity index (χ3n) is 4.87. The molecule has 2 spiro atoms. The number of fused-ring (bicyclic) bond motifs is 1. The van der Waals surface area contributed by atoms with E-state index >= 15 is 0 Å². The summed E-state index contributed by atoms with van der Waals surface area (Å²) < 4.78 is 17.5. The molecule has 0 radical (unpaired) electrons. The second-order valence-electron chi connectivity index (χ2n) is 5.84. The summed E-state index contributed by atoms with van der Waals surface area (Å²) in [6.07, 6.45) is 0.00670. The summed E-state index contributed by atoms with van der Waals surface area (Å²) in [6, 6.07) is 6.70. The first-order valence-corrected chi connectivity index (χ1v) is 6.63. The van der Waals surface area contributed by atoms with Gasteiger partial charge >= 0.3 is 0 Å². The Morgan fingerprint density at radius 3 is 2.75 bits per heavy atom. The summed E-state index contributed by atoms with van der Waals surface area (Å²) in [7, 11) is 0. The fraction of sp³-hybridized carbons (Fsp3) is 0.500. The van der Waals surface area contributed by atoms with Gasteiger partial charge in [-0.15, -0.1) is 0 Å². The van der Waals surface area contributed by atoms with E-state index < -0.39 is 29.2 Å². The van der Waals surface area contributed by atoms with Gasteiger partial charge in [-0.2, -0.15) is 0 Å². The molecule has 4 bridgehead atoms. The zero-order chi connectivity index (χ0) is 13.8. The van der Waals surface area contributed by atoms with Crippen molar-refractivity contribution in [1.82, 2.24) is 0 Å². The van der Waals surface area contributed by atoms with Crippen LogP contribution in [0, 0.1) is 0 Å². The maximum absolute atomic E-state index is 12.4. The van der Waals surface area contributed by atoms with Gasteiger partial charge in [-0.25, -0.2) is 0 Å². The van der Waals surface area contributed by atoms with E-state index in [4.69, 9.17) is 14.2 Å². The van der Waals surface area contributed by atoms with Crippen LogP contribution in [0.3, 0.4) is 0 Å². The molecule has 20 heavy (non-hydrogen) atoms. The highest BCUT2D eigenvalue weighted by Gasteiger charge is 2.83. The van der Waals surface area contributed by atoms with Crippen molar-refractivity contribution in [3.05, 3.63) is 35.4 Å². The van der Waals surface area contributed by atoms with Gasteiger partial charge in [-0.1, -0.05) is 24.3 Å². The molecule has 0 amide bonds. The van der Waals surface area contributed by atoms with Crippen molar-refractivity contribution >= 4 is 5.78 Å². The van der Waals surface area contributed by atoms with Gasteiger partial charge in [-0.3, -0.25) is 4.79 Å². The SMILES string of the molecule is O=C1c2ccccc2[C@@]23O[C@H]4C[C@@H](O2)O[C@@]3(C4)C1(O)O. The Balaban J connectivity index is 1.89. The monoisotopic (exact) mass is 276 g/mol. The summed E-state index contributed by atoms with van der Waals surface area (Å²) in [6.45, 7) is 0. The van der Waals surface area contributed by atoms with Crippen LogP contribution in [-0.4, -0.2) is 39.8 Å². The molecule has 1 aromatic carbocycles. The molecule has 5 aliphatic rings. The van der Waals surface area contributed by atoms with Crippen molar-refractivity contribution in [1.29, 1.82) is 0 Å². The Morgan fingerprint density at radius 1 is 1.15 bits per heavy atom.